The Morgan fingerprint density at radius 2 is 1.92 bits per heavy atom. The third kappa shape index (κ3) is 1.39. The van der Waals surface area contributed by atoms with E-state index in [1.54, 1.807) is 0 Å². The zero-order valence-corrected chi connectivity index (χ0v) is 6.17. The van der Waals surface area contributed by atoms with Gasteiger partial charge in [-0.2, -0.15) is 0 Å². The lowest BCUT2D eigenvalue weighted by molar-refractivity contribution is 0.0589. The molecule has 5 heteroatoms. The molecule has 0 aliphatic rings. The number of hydrogen-bond acceptors (Lipinski definition) is 3. The molecule has 0 spiro atoms. The van der Waals surface area contributed by atoms with Gasteiger partial charge in [0.1, 0.15) is 5.56 Å². The van der Waals surface area contributed by atoms with Crippen LogP contribution in [0.1, 0.15) is 10.4 Å². The minimum Gasteiger partial charge on any atom is -0.465 e. The predicted molar refractivity (Wildman–Crippen MR) is 35.5 cm³/mol. The van der Waals surface area contributed by atoms with Crippen LogP contribution in [0.5, 0.6) is 0 Å². The Morgan fingerprint density at radius 1 is 1.42 bits per heavy atom. The summed E-state index contributed by atoms with van der Waals surface area (Å²) < 4.78 is 29.5. The summed E-state index contributed by atoms with van der Waals surface area (Å²) in [4.78, 5) is 13.9. The Kier molecular flexibility index (Phi) is 2.32. The molecule has 3 nitrogen and oxygen atoms in total. The van der Waals surface area contributed by atoms with Crippen LogP contribution in [0, 0.1) is 11.6 Å². The SMILES string of the molecule is COC(=O)c1c(F)cncc1F. The van der Waals surface area contributed by atoms with Crippen molar-refractivity contribution in [1.29, 1.82) is 0 Å². The Morgan fingerprint density at radius 3 is 2.33 bits per heavy atom. The highest BCUT2D eigenvalue weighted by atomic mass is 19.1. The summed E-state index contributed by atoms with van der Waals surface area (Å²) in [5, 5.41) is 0. The van der Waals surface area contributed by atoms with Crippen molar-refractivity contribution in [1.82, 2.24) is 4.98 Å². The van der Waals surface area contributed by atoms with E-state index in [2.05, 4.69) is 9.72 Å². The number of nitrogens with zero attached hydrogens (tertiary/aromatic N) is 1. The fraction of sp³-hybridized carbons (Fsp3) is 0.143. The summed E-state index contributed by atoms with van der Waals surface area (Å²) in [6.07, 6.45) is 1.49. The number of halogens is 2. The van der Waals surface area contributed by atoms with Gasteiger partial charge in [0.2, 0.25) is 0 Å². The third-order valence-corrected chi connectivity index (χ3v) is 1.24. The normalized spacial score (nSPS) is 9.58. The lowest BCUT2D eigenvalue weighted by Crippen LogP contribution is -2.07. The summed E-state index contributed by atoms with van der Waals surface area (Å²) in [6, 6.07) is 0. The van der Waals surface area contributed by atoms with Crippen LogP contribution >= 0.6 is 0 Å². The molecule has 1 heterocycles. The Labute approximate surface area is 67.0 Å². The molecule has 0 saturated heterocycles. The molecular formula is C7H5F2NO2. The number of hydrogen-bond donors (Lipinski definition) is 0. The van der Waals surface area contributed by atoms with E-state index >= 15 is 0 Å². The van der Waals surface area contributed by atoms with E-state index in [0.717, 1.165) is 19.5 Å². The zero-order chi connectivity index (χ0) is 9.14. The largest absolute Gasteiger partial charge is 0.465 e. The molecule has 1 rings (SSSR count). The molecule has 1 aromatic heterocycles. The molecule has 0 amide bonds. The Bertz CT molecular complexity index is 294. The maximum Gasteiger partial charge on any atom is 0.343 e. The summed E-state index contributed by atoms with van der Waals surface area (Å²) in [5.41, 5.74) is -0.715. The number of rotatable bonds is 1. The fourth-order valence-corrected chi connectivity index (χ4v) is 0.708. The van der Waals surface area contributed by atoms with Gasteiger partial charge in [-0.25, -0.2) is 13.6 Å². The van der Waals surface area contributed by atoms with Crippen LogP contribution < -0.4 is 0 Å². The van der Waals surface area contributed by atoms with Crippen LogP contribution in [0.4, 0.5) is 8.78 Å². The summed E-state index contributed by atoms with van der Waals surface area (Å²) >= 11 is 0. The van der Waals surface area contributed by atoms with E-state index in [9.17, 15) is 13.6 Å². The second kappa shape index (κ2) is 3.25. The third-order valence-electron chi connectivity index (χ3n) is 1.24. The van der Waals surface area contributed by atoms with Crippen molar-refractivity contribution in [2.45, 2.75) is 0 Å². The highest BCUT2D eigenvalue weighted by molar-refractivity contribution is 5.89. The molecule has 0 fully saturated rings. The summed E-state index contributed by atoms with van der Waals surface area (Å²) in [7, 11) is 1.04. The van der Waals surface area contributed by atoms with Gasteiger partial charge in [-0.3, -0.25) is 4.98 Å². The number of ether oxygens (including phenoxy) is 1. The first kappa shape index (κ1) is 8.58. The van der Waals surface area contributed by atoms with Crippen LogP contribution in [-0.4, -0.2) is 18.1 Å². The minimum atomic E-state index is -1.05. The van der Waals surface area contributed by atoms with Crippen molar-refractivity contribution in [3.8, 4) is 0 Å². The predicted octanol–water partition coefficient (Wildman–Crippen LogP) is 1.15. The van der Waals surface area contributed by atoms with E-state index in [1.165, 1.54) is 0 Å². The monoisotopic (exact) mass is 173 g/mol. The number of methoxy groups -OCH3 is 1. The highest BCUT2D eigenvalue weighted by Gasteiger charge is 2.17. The topological polar surface area (TPSA) is 39.2 Å². The van der Waals surface area contributed by atoms with Gasteiger partial charge >= 0.3 is 5.97 Å². The van der Waals surface area contributed by atoms with Crippen LogP contribution in [0.3, 0.4) is 0 Å². The quantitative estimate of drug-likeness (QED) is 0.598. The molecular weight excluding hydrogens is 168 g/mol. The fourth-order valence-electron chi connectivity index (χ4n) is 0.708. The Hall–Kier alpha value is -1.52. The maximum atomic E-state index is 12.7. The van der Waals surface area contributed by atoms with Gasteiger partial charge in [-0.15, -0.1) is 0 Å². The van der Waals surface area contributed by atoms with E-state index < -0.39 is 23.2 Å². The lowest BCUT2D eigenvalue weighted by Gasteiger charge is -2.00. The maximum absolute atomic E-state index is 12.7. The highest BCUT2D eigenvalue weighted by Crippen LogP contribution is 2.10. The van der Waals surface area contributed by atoms with Crippen molar-refractivity contribution in [2.24, 2.45) is 0 Å². The van der Waals surface area contributed by atoms with Crippen molar-refractivity contribution < 1.29 is 18.3 Å². The number of aromatic nitrogens is 1. The molecule has 0 bridgehead atoms. The van der Waals surface area contributed by atoms with Crippen molar-refractivity contribution in [2.75, 3.05) is 7.11 Å². The number of esters is 1. The first-order valence-electron chi connectivity index (χ1n) is 3.04. The lowest BCUT2D eigenvalue weighted by atomic mass is 10.2. The molecule has 0 radical (unpaired) electrons. The summed E-state index contributed by atoms with van der Waals surface area (Å²) in [6.45, 7) is 0. The van der Waals surface area contributed by atoms with Gasteiger partial charge in [0.15, 0.2) is 11.6 Å². The summed E-state index contributed by atoms with van der Waals surface area (Å²) in [5.74, 6) is -3.10. The second-order valence-corrected chi connectivity index (χ2v) is 1.97. The van der Waals surface area contributed by atoms with Crippen LogP contribution in [0.2, 0.25) is 0 Å². The molecule has 0 aliphatic carbocycles. The van der Waals surface area contributed by atoms with E-state index in [1.807, 2.05) is 0 Å². The van der Waals surface area contributed by atoms with Crippen LogP contribution in [0.25, 0.3) is 0 Å². The first-order chi connectivity index (χ1) is 5.66. The molecule has 0 aliphatic heterocycles. The van der Waals surface area contributed by atoms with Crippen molar-refractivity contribution in [3.63, 3.8) is 0 Å². The average Bonchev–Trinajstić information content (AvgIpc) is 2.03. The first-order valence-corrected chi connectivity index (χ1v) is 3.04. The van der Waals surface area contributed by atoms with Gasteiger partial charge in [0.25, 0.3) is 0 Å². The van der Waals surface area contributed by atoms with Gasteiger partial charge in [-0.05, 0) is 0 Å². The van der Waals surface area contributed by atoms with E-state index in [-0.39, 0.29) is 0 Å². The van der Waals surface area contributed by atoms with Gasteiger partial charge in [0, 0.05) is 0 Å². The zero-order valence-electron chi connectivity index (χ0n) is 6.17. The second-order valence-electron chi connectivity index (χ2n) is 1.97. The standard InChI is InChI=1S/C7H5F2NO2/c1-12-7(11)6-4(8)2-10-3-5(6)9/h2-3H,1H3. The van der Waals surface area contributed by atoms with Crippen LogP contribution in [-0.2, 0) is 4.74 Å². The average molecular weight is 173 g/mol. The van der Waals surface area contributed by atoms with Crippen molar-refractivity contribution >= 4 is 5.97 Å². The Balaban J connectivity index is 3.21. The molecule has 0 aromatic carbocycles. The van der Waals surface area contributed by atoms with E-state index in [4.69, 9.17) is 0 Å². The number of pyridine rings is 1. The van der Waals surface area contributed by atoms with Crippen molar-refractivity contribution in [3.05, 3.63) is 29.6 Å². The smallest absolute Gasteiger partial charge is 0.343 e. The number of carbonyl (C=O) groups is 1. The molecule has 0 N–H and O–H groups in total. The van der Waals surface area contributed by atoms with Gasteiger partial charge < -0.3 is 4.74 Å². The minimum absolute atomic E-state index is 0.715. The molecule has 12 heavy (non-hydrogen) atoms. The van der Waals surface area contributed by atoms with Crippen LogP contribution in [0.15, 0.2) is 12.4 Å². The molecule has 0 unspecified atom stereocenters. The molecule has 1 aromatic rings. The molecule has 0 saturated carbocycles. The van der Waals surface area contributed by atoms with E-state index in [0.29, 0.717) is 0 Å². The molecule has 0 atom stereocenters. The molecule has 64 valence electrons. The number of carbonyl (C=O) groups excluding carboxylic acids is 1. The van der Waals surface area contributed by atoms with Gasteiger partial charge in [-0.1, -0.05) is 0 Å². The van der Waals surface area contributed by atoms with Gasteiger partial charge in [0.05, 0.1) is 19.5 Å².